The lowest BCUT2D eigenvalue weighted by Gasteiger charge is -2.10. The summed E-state index contributed by atoms with van der Waals surface area (Å²) in [5.74, 6) is 0.821. The van der Waals surface area contributed by atoms with Gasteiger partial charge in [-0.15, -0.1) is 11.6 Å². The molecule has 3 rings (SSSR count). The highest BCUT2D eigenvalue weighted by molar-refractivity contribution is 9.10. The van der Waals surface area contributed by atoms with E-state index in [1.165, 1.54) is 17.1 Å². The Labute approximate surface area is 147 Å². The van der Waals surface area contributed by atoms with Gasteiger partial charge in [0.2, 0.25) is 0 Å². The van der Waals surface area contributed by atoms with Crippen LogP contribution in [0.3, 0.4) is 0 Å². The number of para-hydroxylation sites is 1. The number of rotatable bonds is 4. The van der Waals surface area contributed by atoms with Gasteiger partial charge in [-0.05, 0) is 45.8 Å². The van der Waals surface area contributed by atoms with Gasteiger partial charge < -0.3 is 4.74 Å². The maximum absolute atomic E-state index is 13.0. The second-order valence-corrected chi connectivity index (χ2v) is 7.81. The Bertz CT molecular complexity index is 982. The second kappa shape index (κ2) is 6.19. The minimum absolute atomic E-state index is 0.167. The van der Waals surface area contributed by atoms with Crippen molar-refractivity contribution >= 4 is 48.5 Å². The Balaban J connectivity index is 2.25. The lowest BCUT2D eigenvalue weighted by Crippen LogP contribution is -2.12. The lowest BCUT2D eigenvalue weighted by atomic mass is 10.2. The molecule has 120 valence electrons. The molecule has 23 heavy (non-hydrogen) atoms. The predicted molar refractivity (Wildman–Crippen MR) is 94.8 cm³/mol. The number of methoxy groups -OCH3 is 1. The Hall–Kier alpha value is -1.50. The fourth-order valence-corrected chi connectivity index (χ4v) is 5.07. The zero-order valence-electron chi connectivity index (χ0n) is 12.2. The van der Waals surface area contributed by atoms with Crippen molar-refractivity contribution in [2.75, 3.05) is 7.11 Å². The molecule has 0 aliphatic rings. The van der Waals surface area contributed by atoms with Crippen molar-refractivity contribution in [2.45, 2.75) is 10.8 Å². The third-order valence-corrected chi connectivity index (χ3v) is 6.52. The summed E-state index contributed by atoms with van der Waals surface area (Å²) in [5, 5.41) is 0.829. The van der Waals surface area contributed by atoms with E-state index in [9.17, 15) is 8.42 Å². The molecule has 0 saturated heterocycles. The summed E-state index contributed by atoms with van der Waals surface area (Å²) in [6.07, 6.45) is 1.57. The lowest BCUT2D eigenvalue weighted by molar-refractivity contribution is 0.414. The largest absolute Gasteiger partial charge is 0.497 e. The molecule has 1 heterocycles. The molecule has 0 bridgehead atoms. The smallest absolute Gasteiger partial charge is 0.269 e. The molecule has 0 saturated carbocycles. The van der Waals surface area contributed by atoms with E-state index in [1.54, 1.807) is 30.5 Å². The third-order valence-electron chi connectivity index (χ3n) is 3.58. The molecule has 1 aromatic heterocycles. The molecule has 0 aliphatic heterocycles. The SMILES string of the molecule is COc1ccc(S(=O)(=O)n2cc(CCl)c3ccccc32)c(Br)c1. The summed E-state index contributed by atoms with van der Waals surface area (Å²) in [6, 6.07) is 12.1. The van der Waals surface area contributed by atoms with Gasteiger partial charge >= 0.3 is 0 Å². The van der Waals surface area contributed by atoms with E-state index in [4.69, 9.17) is 16.3 Å². The van der Waals surface area contributed by atoms with Crippen LogP contribution in [0.4, 0.5) is 0 Å². The number of fused-ring (bicyclic) bond motifs is 1. The first-order valence-electron chi connectivity index (χ1n) is 6.73. The van der Waals surface area contributed by atoms with Crippen LogP contribution in [0.25, 0.3) is 10.9 Å². The molecule has 4 nitrogen and oxygen atoms in total. The van der Waals surface area contributed by atoms with Gasteiger partial charge in [0.25, 0.3) is 10.0 Å². The fraction of sp³-hybridized carbons (Fsp3) is 0.125. The average Bonchev–Trinajstić information content (AvgIpc) is 2.94. The standard InChI is InChI=1S/C16H13BrClNO3S/c1-22-12-6-7-16(14(17)8-12)23(20,21)19-10-11(9-18)13-4-2-3-5-15(13)19/h2-8,10H,9H2,1H3. The predicted octanol–water partition coefficient (Wildman–Crippen LogP) is 4.39. The van der Waals surface area contributed by atoms with E-state index in [0.717, 1.165) is 10.9 Å². The summed E-state index contributed by atoms with van der Waals surface area (Å²) >= 11 is 9.26. The Morgan fingerprint density at radius 2 is 1.96 bits per heavy atom. The van der Waals surface area contributed by atoms with Crippen LogP contribution in [-0.2, 0) is 15.9 Å². The summed E-state index contributed by atoms with van der Waals surface area (Å²) in [6.45, 7) is 0. The number of alkyl halides is 1. The maximum atomic E-state index is 13.0. The van der Waals surface area contributed by atoms with Crippen molar-refractivity contribution in [1.29, 1.82) is 0 Å². The number of aromatic nitrogens is 1. The summed E-state index contributed by atoms with van der Waals surface area (Å²) in [7, 11) is -2.22. The van der Waals surface area contributed by atoms with Crippen LogP contribution in [0.1, 0.15) is 5.56 Å². The maximum Gasteiger partial charge on any atom is 0.269 e. The zero-order valence-corrected chi connectivity index (χ0v) is 15.3. The number of halogens is 2. The first-order chi connectivity index (χ1) is 11.0. The van der Waals surface area contributed by atoms with Crippen LogP contribution in [0.2, 0.25) is 0 Å². The van der Waals surface area contributed by atoms with Gasteiger partial charge in [0, 0.05) is 21.9 Å². The molecule has 0 unspecified atom stereocenters. The molecule has 0 aliphatic carbocycles. The van der Waals surface area contributed by atoms with Gasteiger partial charge in [-0.2, -0.15) is 0 Å². The Morgan fingerprint density at radius 3 is 2.61 bits per heavy atom. The van der Waals surface area contributed by atoms with E-state index >= 15 is 0 Å². The summed E-state index contributed by atoms with van der Waals surface area (Å²) in [4.78, 5) is 0.167. The number of hydrogen-bond donors (Lipinski definition) is 0. The number of ether oxygens (including phenoxy) is 1. The molecule has 0 fully saturated rings. The van der Waals surface area contributed by atoms with Crippen molar-refractivity contribution < 1.29 is 13.2 Å². The molecule has 0 spiro atoms. The third kappa shape index (κ3) is 2.75. The highest BCUT2D eigenvalue weighted by Gasteiger charge is 2.23. The van der Waals surface area contributed by atoms with Crippen LogP contribution in [0, 0.1) is 0 Å². The normalized spacial score (nSPS) is 11.8. The van der Waals surface area contributed by atoms with Gasteiger partial charge in [-0.25, -0.2) is 12.4 Å². The van der Waals surface area contributed by atoms with Crippen molar-refractivity contribution in [3.05, 3.63) is 58.7 Å². The summed E-state index contributed by atoms with van der Waals surface area (Å²) in [5.41, 5.74) is 1.38. The van der Waals surface area contributed by atoms with E-state index in [-0.39, 0.29) is 10.8 Å². The monoisotopic (exact) mass is 413 g/mol. The first-order valence-corrected chi connectivity index (χ1v) is 9.50. The zero-order chi connectivity index (χ0) is 16.6. The minimum Gasteiger partial charge on any atom is -0.497 e. The van der Waals surface area contributed by atoms with Crippen molar-refractivity contribution in [3.8, 4) is 5.75 Å². The first kappa shape index (κ1) is 16.4. The molecular formula is C16H13BrClNO3S. The van der Waals surface area contributed by atoms with Crippen molar-refractivity contribution in [1.82, 2.24) is 3.97 Å². The van der Waals surface area contributed by atoms with Gasteiger partial charge in [0.1, 0.15) is 10.6 Å². The Morgan fingerprint density at radius 1 is 1.22 bits per heavy atom. The topological polar surface area (TPSA) is 48.3 Å². The van der Waals surface area contributed by atoms with Crippen LogP contribution in [0.5, 0.6) is 5.75 Å². The number of nitrogens with zero attached hydrogens (tertiary/aromatic N) is 1. The van der Waals surface area contributed by atoms with Gasteiger partial charge in [0.05, 0.1) is 12.6 Å². The molecule has 0 atom stereocenters. The van der Waals surface area contributed by atoms with E-state index in [2.05, 4.69) is 15.9 Å². The second-order valence-electron chi connectivity index (χ2n) is 4.90. The molecule has 0 radical (unpaired) electrons. The number of hydrogen-bond acceptors (Lipinski definition) is 3. The van der Waals surface area contributed by atoms with E-state index < -0.39 is 10.0 Å². The highest BCUT2D eigenvalue weighted by Crippen LogP contribution is 2.31. The molecule has 2 aromatic carbocycles. The molecular weight excluding hydrogens is 402 g/mol. The van der Waals surface area contributed by atoms with E-state index in [0.29, 0.717) is 15.7 Å². The molecule has 7 heteroatoms. The highest BCUT2D eigenvalue weighted by atomic mass is 79.9. The fourth-order valence-electron chi connectivity index (χ4n) is 2.45. The molecule has 3 aromatic rings. The Kier molecular flexibility index (Phi) is 4.40. The minimum atomic E-state index is -3.75. The average molecular weight is 415 g/mol. The van der Waals surface area contributed by atoms with E-state index in [1.807, 2.05) is 12.1 Å². The van der Waals surface area contributed by atoms with Crippen LogP contribution in [0.15, 0.2) is 58.0 Å². The van der Waals surface area contributed by atoms with Crippen molar-refractivity contribution in [3.63, 3.8) is 0 Å². The molecule has 0 N–H and O–H groups in total. The summed E-state index contributed by atoms with van der Waals surface area (Å²) < 4.78 is 32.9. The van der Waals surface area contributed by atoms with Crippen molar-refractivity contribution in [2.24, 2.45) is 0 Å². The molecule has 0 amide bonds. The van der Waals surface area contributed by atoms with Crippen LogP contribution in [-0.4, -0.2) is 19.5 Å². The van der Waals surface area contributed by atoms with Gasteiger partial charge in [-0.1, -0.05) is 18.2 Å². The number of benzene rings is 2. The van der Waals surface area contributed by atoms with Crippen LogP contribution >= 0.6 is 27.5 Å². The quantitative estimate of drug-likeness (QED) is 0.595. The van der Waals surface area contributed by atoms with Gasteiger partial charge in [-0.3, -0.25) is 0 Å². The van der Waals surface area contributed by atoms with Gasteiger partial charge in [0.15, 0.2) is 0 Å². The van der Waals surface area contributed by atoms with Crippen LogP contribution < -0.4 is 4.74 Å².